The summed E-state index contributed by atoms with van der Waals surface area (Å²) in [7, 11) is 0. The Labute approximate surface area is 90.7 Å². The second kappa shape index (κ2) is 4.56. The molecule has 2 nitrogen and oxygen atoms in total. The maximum Gasteiger partial charge on any atom is 0.140 e. The maximum absolute atomic E-state index is 12.0. The zero-order chi connectivity index (χ0) is 10.7. The first kappa shape index (κ1) is 10.3. The molecule has 1 aliphatic carbocycles. The summed E-state index contributed by atoms with van der Waals surface area (Å²) in [5.41, 5.74) is 1.09. The Morgan fingerprint density at radius 2 is 2.13 bits per heavy atom. The predicted octanol–water partition coefficient (Wildman–Crippen LogP) is 2.63. The highest BCUT2D eigenvalue weighted by Gasteiger charge is 2.29. The SMILES string of the molecule is CC1CCCC1C(=O)Cc1ccncc1. The van der Waals surface area contributed by atoms with Crippen molar-refractivity contribution in [3.8, 4) is 0 Å². The van der Waals surface area contributed by atoms with E-state index in [1.165, 1.54) is 12.8 Å². The first-order chi connectivity index (χ1) is 7.27. The van der Waals surface area contributed by atoms with E-state index in [2.05, 4.69) is 11.9 Å². The molecule has 0 amide bonds. The Kier molecular flexibility index (Phi) is 3.14. The third kappa shape index (κ3) is 2.44. The highest BCUT2D eigenvalue weighted by molar-refractivity contribution is 5.83. The second-order valence-electron chi connectivity index (χ2n) is 4.51. The molecule has 0 spiro atoms. The van der Waals surface area contributed by atoms with Gasteiger partial charge in [0.2, 0.25) is 0 Å². The molecule has 1 aliphatic rings. The van der Waals surface area contributed by atoms with Crippen LogP contribution in [0, 0.1) is 11.8 Å². The molecule has 0 aromatic carbocycles. The number of hydrogen-bond acceptors (Lipinski definition) is 2. The molecule has 1 aromatic heterocycles. The lowest BCUT2D eigenvalue weighted by molar-refractivity contribution is -0.123. The molecule has 0 saturated heterocycles. The van der Waals surface area contributed by atoms with Gasteiger partial charge in [-0.15, -0.1) is 0 Å². The molecular weight excluding hydrogens is 186 g/mol. The van der Waals surface area contributed by atoms with E-state index in [-0.39, 0.29) is 0 Å². The summed E-state index contributed by atoms with van der Waals surface area (Å²) in [5.74, 6) is 1.30. The predicted molar refractivity (Wildman–Crippen MR) is 59.5 cm³/mol. The summed E-state index contributed by atoms with van der Waals surface area (Å²) in [6.07, 6.45) is 7.60. The van der Waals surface area contributed by atoms with Gasteiger partial charge in [-0.1, -0.05) is 13.3 Å². The van der Waals surface area contributed by atoms with Crippen molar-refractivity contribution in [1.82, 2.24) is 4.98 Å². The number of rotatable bonds is 3. The van der Waals surface area contributed by atoms with Crippen molar-refractivity contribution in [3.63, 3.8) is 0 Å². The van der Waals surface area contributed by atoms with E-state index in [9.17, 15) is 4.79 Å². The van der Waals surface area contributed by atoms with Gasteiger partial charge < -0.3 is 0 Å². The largest absolute Gasteiger partial charge is 0.299 e. The molecule has 2 rings (SSSR count). The summed E-state index contributed by atoms with van der Waals surface area (Å²) < 4.78 is 0. The average molecular weight is 203 g/mol. The van der Waals surface area contributed by atoms with Crippen LogP contribution in [0.25, 0.3) is 0 Å². The van der Waals surface area contributed by atoms with E-state index >= 15 is 0 Å². The van der Waals surface area contributed by atoms with Gasteiger partial charge in [0.05, 0.1) is 0 Å². The molecular formula is C13H17NO. The van der Waals surface area contributed by atoms with E-state index in [4.69, 9.17) is 0 Å². The van der Waals surface area contributed by atoms with Gasteiger partial charge >= 0.3 is 0 Å². The summed E-state index contributed by atoms with van der Waals surface area (Å²) in [5, 5.41) is 0. The smallest absolute Gasteiger partial charge is 0.140 e. The van der Waals surface area contributed by atoms with Crippen molar-refractivity contribution in [2.45, 2.75) is 32.6 Å². The van der Waals surface area contributed by atoms with Gasteiger partial charge in [0.15, 0.2) is 0 Å². The third-order valence-corrected chi connectivity index (χ3v) is 3.40. The number of hydrogen-bond donors (Lipinski definition) is 0. The normalized spacial score (nSPS) is 25.4. The molecule has 0 N–H and O–H groups in total. The molecule has 2 unspecified atom stereocenters. The van der Waals surface area contributed by atoms with Gasteiger partial charge in [0.25, 0.3) is 0 Å². The third-order valence-electron chi connectivity index (χ3n) is 3.40. The van der Waals surface area contributed by atoms with Gasteiger partial charge in [-0.2, -0.15) is 0 Å². The number of pyridine rings is 1. The number of Topliss-reactive ketones (excluding diaryl/α,β-unsaturated/α-hetero) is 1. The molecule has 0 radical (unpaired) electrons. The van der Waals surface area contributed by atoms with Crippen LogP contribution in [0.15, 0.2) is 24.5 Å². The second-order valence-corrected chi connectivity index (χ2v) is 4.51. The van der Waals surface area contributed by atoms with Crippen LogP contribution in [-0.4, -0.2) is 10.8 Å². The van der Waals surface area contributed by atoms with Crippen LogP contribution in [0.5, 0.6) is 0 Å². The maximum atomic E-state index is 12.0. The molecule has 0 aliphatic heterocycles. The van der Waals surface area contributed by atoms with Crippen LogP contribution < -0.4 is 0 Å². The quantitative estimate of drug-likeness (QED) is 0.756. The van der Waals surface area contributed by atoms with Gasteiger partial charge in [-0.3, -0.25) is 9.78 Å². The summed E-state index contributed by atoms with van der Waals surface area (Å²) in [6, 6.07) is 3.86. The van der Waals surface area contributed by atoms with Crippen LogP contribution >= 0.6 is 0 Å². The number of aromatic nitrogens is 1. The highest BCUT2D eigenvalue weighted by Crippen LogP contribution is 2.32. The Hall–Kier alpha value is -1.18. The van der Waals surface area contributed by atoms with E-state index in [0.717, 1.165) is 12.0 Å². The first-order valence-corrected chi connectivity index (χ1v) is 5.69. The van der Waals surface area contributed by atoms with E-state index < -0.39 is 0 Å². The van der Waals surface area contributed by atoms with Crippen molar-refractivity contribution in [3.05, 3.63) is 30.1 Å². The van der Waals surface area contributed by atoms with E-state index in [1.807, 2.05) is 12.1 Å². The van der Waals surface area contributed by atoms with Crippen LogP contribution in [0.2, 0.25) is 0 Å². The van der Waals surface area contributed by atoms with Crippen molar-refractivity contribution >= 4 is 5.78 Å². The van der Waals surface area contributed by atoms with Crippen molar-refractivity contribution < 1.29 is 4.79 Å². The highest BCUT2D eigenvalue weighted by atomic mass is 16.1. The summed E-state index contributed by atoms with van der Waals surface area (Å²) >= 11 is 0. The van der Waals surface area contributed by atoms with Gasteiger partial charge in [0.1, 0.15) is 5.78 Å². The van der Waals surface area contributed by atoms with Gasteiger partial charge in [-0.25, -0.2) is 0 Å². The molecule has 1 aromatic rings. The van der Waals surface area contributed by atoms with Crippen LogP contribution in [0.1, 0.15) is 31.7 Å². The fraction of sp³-hybridized carbons (Fsp3) is 0.538. The Balaban J connectivity index is 1.98. The molecule has 1 saturated carbocycles. The average Bonchev–Trinajstić information content (AvgIpc) is 2.66. The molecule has 0 bridgehead atoms. The minimum absolute atomic E-state index is 0.304. The number of carbonyl (C=O) groups is 1. The number of carbonyl (C=O) groups excluding carboxylic acids is 1. The summed E-state index contributed by atoms with van der Waals surface area (Å²) in [6.45, 7) is 2.20. The minimum atomic E-state index is 0.304. The summed E-state index contributed by atoms with van der Waals surface area (Å²) in [4.78, 5) is 16.0. The van der Waals surface area contributed by atoms with Crippen LogP contribution in [-0.2, 0) is 11.2 Å². The van der Waals surface area contributed by atoms with E-state index in [0.29, 0.717) is 24.0 Å². The van der Waals surface area contributed by atoms with Crippen molar-refractivity contribution in [1.29, 1.82) is 0 Å². The molecule has 80 valence electrons. The van der Waals surface area contributed by atoms with Gasteiger partial charge in [-0.05, 0) is 36.5 Å². The molecule has 1 fully saturated rings. The van der Waals surface area contributed by atoms with Crippen molar-refractivity contribution in [2.75, 3.05) is 0 Å². The lowest BCUT2D eigenvalue weighted by atomic mass is 9.90. The van der Waals surface area contributed by atoms with Crippen molar-refractivity contribution in [2.24, 2.45) is 11.8 Å². The fourth-order valence-corrected chi connectivity index (χ4v) is 2.46. The number of ketones is 1. The lowest BCUT2D eigenvalue weighted by Gasteiger charge is -2.13. The zero-order valence-corrected chi connectivity index (χ0v) is 9.15. The molecule has 2 atom stereocenters. The Bertz CT molecular complexity index is 334. The van der Waals surface area contributed by atoms with Gasteiger partial charge in [0, 0.05) is 24.7 Å². The van der Waals surface area contributed by atoms with E-state index in [1.54, 1.807) is 12.4 Å². The Morgan fingerprint density at radius 3 is 2.73 bits per heavy atom. The zero-order valence-electron chi connectivity index (χ0n) is 9.15. The van der Waals surface area contributed by atoms with Crippen LogP contribution in [0.3, 0.4) is 0 Å². The minimum Gasteiger partial charge on any atom is -0.299 e. The number of nitrogens with zero attached hydrogens (tertiary/aromatic N) is 1. The standard InChI is InChI=1S/C13H17NO/c1-10-3-2-4-12(10)13(15)9-11-5-7-14-8-6-11/h5-8,10,12H,2-4,9H2,1H3. The topological polar surface area (TPSA) is 30.0 Å². The molecule has 15 heavy (non-hydrogen) atoms. The monoisotopic (exact) mass is 203 g/mol. The lowest BCUT2D eigenvalue weighted by Crippen LogP contribution is -2.18. The fourth-order valence-electron chi connectivity index (χ4n) is 2.46. The first-order valence-electron chi connectivity index (χ1n) is 5.69. The Morgan fingerprint density at radius 1 is 1.40 bits per heavy atom. The van der Waals surface area contributed by atoms with Crippen LogP contribution in [0.4, 0.5) is 0 Å². The molecule has 1 heterocycles. The molecule has 2 heteroatoms.